The van der Waals surface area contributed by atoms with Crippen LogP contribution >= 0.6 is 0 Å². The van der Waals surface area contributed by atoms with Crippen molar-refractivity contribution in [1.29, 1.82) is 0 Å². The summed E-state index contributed by atoms with van der Waals surface area (Å²) in [4.78, 5) is 10.5. The van der Waals surface area contributed by atoms with Gasteiger partial charge in [-0.3, -0.25) is 0 Å². The van der Waals surface area contributed by atoms with Gasteiger partial charge in [-0.2, -0.15) is 0 Å². The molecule has 4 nitrogen and oxygen atoms in total. The normalized spacial score (nSPS) is 13.7. The molecule has 0 aliphatic carbocycles. The van der Waals surface area contributed by atoms with Crippen molar-refractivity contribution in [2.45, 2.75) is 6.92 Å². The summed E-state index contributed by atoms with van der Waals surface area (Å²) in [6.07, 6.45) is 4.55. The summed E-state index contributed by atoms with van der Waals surface area (Å²) in [5.41, 5.74) is 1.72. The Balaban J connectivity index is 2.29. The molecule has 0 unspecified atom stereocenters. The van der Waals surface area contributed by atoms with E-state index < -0.39 is 5.97 Å². The molecule has 2 rings (SSSR count). The molecule has 1 aromatic carbocycles. The molecule has 0 saturated heterocycles. The van der Waals surface area contributed by atoms with E-state index in [9.17, 15) is 4.79 Å². The zero-order valence-electron chi connectivity index (χ0n) is 10.1. The molecule has 0 atom stereocenters. The molecule has 4 heteroatoms. The number of para-hydroxylation sites is 1. The number of ether oxygens (including phenoxy) is 2. The highest BCUT2D eigenvalue weighted by molar-refractivity contribution is 5.81. The maximum atomic E-state index is 10.5. The Kier molecular flexibility index (Phi) is 3.67. The SMILES string of the molecule is CCOc1cccc2c1OCC(/C=C/C(=O)O)=C2. The van der Waals surface area contributed by atoms with Crippen molar-refractivity contribution in [2.75, 3.05) is 13.2 Å². The van der Waals surface area contributed by atoms with Crippen LogP contribution in [0, 0.1) is 0 Å². The van der Waals surface area contributed by atoms with Crippen LogP contribution in [0.25, 0.3) is 6.08 Å². The maximum Gasteiger partial charge on any atom is 0.328 e. The van der Waals surface area contributed by atoms with Crippen LogP contribution in [0.2, 0.25) is 0 Å². The van der Waals surface area contributed by atoms with E-state index >= 15 is 0 Å². The first-order valence-electron chi connectivity index (χ1n) is 5.71. The quantitative estimate of drug-likeness (QED) is 0.829. The average Bonchev–Trinajstić information content (AvgIpc) is 2.37. The Morgan fingerprint density at radius 2 is 2.39 bits per heavy atom. The number of fused-ring (bicyclic) bond motifs is 1. The molecule has 0 fully saturated rings. The van der Waals surface area contributed by atoms with Crippen molar-refractivity contribution in [3.8, 4) is 11.5 Å². The van der Waals surface area contributed by atoms with Gasteiger partial charge in [0.15, 0.2) is 11.5 Å². The molecule has 1 N–H and O–H groups in total. The van der Waals surface area contributed by atoms with E-state index in [2.05, 4.69) is 0 Å². The van der Waals surface area contributed by atoms with Gasteiger partial charge in [-0.15, -0.1) is 0 Å². The van der Waals surface area contributed by atoms with E-state index in [4.69, 9.17) is 14.6 Å². The smallest absolute Gasteiger partial charge is 0.328 e. The highest BCUT2D eigenvalue weighted by Crippen LogP contribution is 2.35. The minimum atomic E-state index is -0.968. The van der Waals surface area contributed by atoms with Crippen molar-refractivity contribution in [3.05, 3.63) is 41.5 Å². The van der Waals surface area contributed by atoms with Gasteiger partial charge in [-0.25, -0.2) is 4.79 Å². The molecule has 1 aliphatic rings. The minimum absolute atomic E-state index is 0.348. The van der Waals surface area contributed by atoms with E-state index in [-0.39, 0.29) is 0 Å². The Bertz CT molecular complexity index is 515. The topological polar surface area (TPSA) is 55.8 Å². The van der Waals surface area contributed by atoms with Crippen LogP contribution in [0.15, 0.2) is 35.9 Å². The standard InChI is InChI=1S/C14H14O4/c1-2-17-12-5-3-4-11-8-10(6-7-13(15)16)9-18-14(11)12/h3-8H,2,9H2,1H3,(H,15,16)/b7-6+. The summed E-state index contributed by atoms with van der Waals surface area (Å²) in [6.45, 7) is 2.84. The molecule has 0 aromatic heterocycles. The van der Waals surface area contributed by atoms with Crippen LogP contribution in [0.4, 0.5) is 0 Å². The summed E-state index contributed by atoms with van der Waals surface area (Å²) in [6, 6.07) is 5.65. The third-order valence-corrected chi connectivity index (χ3v) is 2.47. The zero-order chi connectivity index (χ0) is 13.0. The van der Waals surface area contributed by atoms with Crippen LogP contribution in [-0.2, 0) is 4.79 Å². The third-order valence-electron chi connectivity index (χ3n) is 2.47. The predicted octanol–water partition coefficient (Wildman–Crippen LogP) is 2.50. The summed E-state index contributed by atoms with van der Waals surface area (Å²) in [7, 11) is 0. The first-order valence-corrected chi connectivity index (χ1v) is 5.71. The molecule has 94 valence electrons. The van der Waals surface area contributed by atoms with Crippen LogP contribution in [0.3, 0.4) is 0 Å². The fourth-order valence-electron chi connectivity index (χ4n) is 1.74. The second-order valence-electron chi connectivity index (χ2n) is 3.79. The van der Waals surface area contributed by atoms with Crippen LogP contribution < -0.4 is 9.47 Å². The second kappa shape index (κ2) is 5.40. The Hall–Kier alpha value is -2.23. The molecule has 0 bridgehead atoms. The lowest BCUT2D eigenvalue weighted by molar-refractivity contribution is -0.131. The Morgan fingerprint density at radius 1 is 1.56 bits per heavy atom. The third kappa shape index (κ3) is 2.71. The summed E-state index contributed by atoms with van der Waals surface area (Å²) >= 11 is 0. The number of hydrogen-bond acceptors (Lipinski definition) is 3. The van der Waals surface area contributed by atoms with Crippen molar-refractivity contribution in [1.82, 2.24) is 0 Å². The molecule has 0 spiro atoms. The largest absolute Gasteiger partial charge is 0.490 e. The van der Waals surface area contributed by atoms with Crippen molar-refractivity contribution in [2.24, 2.45) is 0 Å². The number of aliphatic carboxylic acids is 1. The Morgan fingerprint density at radius 3 is 3.11 bits per heavy atom. The van der Waals surface area contributed by atoms with E-state index in [1.54, 1.807) is 6.08 Å². The van der Waals surface area contributed by atoms with Crippen LogP contribution in [-0.4, -0.2) is 24.3 Å². The molecule has 18 heavy (non-hydrogen) atoms. The number of hydrogen-bond donors (Lipinski definition) is 1. The molecular formula is C14H14O4. The molecule has 0 amide bonds. The van der Waals surface area contributed by atoms with Gasteiger partial charge < -0.3 is 14.6 Å². The van der Waals surface area contributed by atoms with Crippen LogP contribution in [0.1, 0.15) is 12.5 Å². The highest BCUT2D eigenvalue weighted by atomic mass is 16.5. The lowest BCUT2D eigenvalue weighted by atomic mass is 10.1. The van der Waals surface area contributed by atoms with Gasteiger partial charge in [0.2, 0.25) is 0 Å². The number of carboxylic acids is 1. The number of carbonyl (C=O) groups is 1. The Labute approximate surface area is 105 Å². The van der Waals surface area contributed by atoms with Gasteiger partial charge in [-0.1, -0.05) is 12.1 Å². The first-order chi connectivity index (χ1) is 8.70. The molecule has 1 aromatic rings. The number of benzene rings is 1. The van der Waals surface area contributed by atoms with Gasteiger partial charge in [0, 0.05) is 11.6 Å². The average molecular weight is 246 g/mol. The van der Waals surface area contributed by atoms with Gasteiger partial charge in [0.1, 0.15) is 6.61 Å². The maximum absolute atomic E-state index is 10.5. The lowest BCUT2D eigenvalue weighted by Crippen LogP contribution is -2.08. The van der Waals surface area contributed by atoms with Crippen molar-refractivity contribution in [3.63, 3.8) is 0 Å². The molecule has 1 aliphatic heterocycles. The van der Waals surface area contributed by atoms with Gasteiger partial charge in [0.25, 0.3) is 0 Å². The summed E-state index contributed by atoms with van der Waals surface area (Å²) in [5, 5.41) is 8.58. The van der Waals surface area contributed by atoms with Crippen molar-refractivity contribution >= 4 is 12.0 Å². The highest BCUT2D eigenvalue weighted by Gasteiger charge is 2.14. The van der Waals surface area contributed by atoms with Gasteiger partial charge in [0.05, 0.1) is 6.61 Å². The molecule has 0 radical (unpaired) electrons. The van der Waals surface area contributed by atoms with Gasteiger partial charge >= 0.3 is 5.97 Å². The first kappa shape index (κ1) is 12.2. The van der Waals surface area contributed by atoms with Gasteiger partial charge in [-0.05, 0) is 30.7 Å². The molecule has 0 saturated carbocycles. The summed E-state index contributed by atoms with van der Waals surface area (Å²) < 4.78 is 11.1. The number of carboxylic acid groups (broad SMARTS) is 1. The van der Waals surface area contributed by atoms with E-state index in [1.807, 2.05) is 31.2 Å². The fraction of sp³-hybridized carbons (Fsp3) is 0.214. The van der Waals surface area contributed by atoms with Crippen molar-refractivity contribution < 1.29 is 19.4 Å². The fourth-order valence-corrected chi connectivity index (χ4v) is 1.74. The van der Waals surface area contributed by atoms with E-state index in [0.717, 1.165) is 17.2 Å². The summed E-state index contributed by atoms with van der Waals surface area (Å²) in [5.74, 6) is 0.462. The lowest BCUT2D eigenvalue weighted by Gasteiger charge is -2.19. The van der Waals surface area contributed by atoms with Crippen LogP contribution in [0.5, 0.6) is 11.5 Å². The monoisotopic (exact) mass is 246 g/mol. The second-order valence-corrected chi connectivity index (χ2v) is 3.79. The molecule has 1 heterocycles. The minimum Gasteiger partial charge on any atom is -0.490 e. The molecular weight excluding hydrogens is 232 g/mol. The van der Waals surface area contributed by atoms with E-state index in [1.165, 1.54) is 0 Å². The zero-order valence-corrected chi connectivity index (χ0v) is 10.1. The number of rotatable bonds is 4. The van der Waals surface area contributed by atoms with E-state index in [0.29, 0.717) is 24.7 Å². The predicted molar refractivity (Wildman–Crippen MR) is 67.9 cm³/mol.